The Hall–Kier alpha value is -8.03. The quantitative estimate of drug-likeness (QED) is 0.00835. The number of nitrogens with zero attached hydrogens (tertiary/aromatic N) is 9. The van der Waals surface area contributed by atoms with Crippen LogP contribution in [0.4, 0.5) is 8.78 Å². The van der Waals surface area contributed by atoms with E-state index in [1.54, 1.807) is 39.8 Å². The number of nitrogens with one attached hydrogen (secondary N) is 4. The van der Waals surface area contributed by atoms with Crippen molar-refractivity contribution in [3.63, 3.8) is 0 Å². The Morgan fingerprint density at radius 3 is 2.07 bits per heavy atom. The van der Waals surface area contributed by atoms with Gasteiger partial charge in [0.2, 0.25) is 29.5 Å². The molecule has 3 atom stereocenters. The SMILES string of the molecule is C#C[C@H]1CC(F)(F)CN1C(=O)CNC(=O)c1ccnc2ccc(OCCCN3CCN(C(=O)[C@H](CC(=O)OC)NC(=O)[C@H](CCCC/N=C(\C)NC(=O)CCCc4ccc(I)cc4)NC(=O)CN4CCN(COC=O)CCN(COC=O)CCN(CC(=O)O)CC4)CC3)cc12. The molecule has 518 valence electrons. The number of piperazine rings is 1. The molecule has 5 N–H and O–H groups in total. The molecule has 3 aliphatic heterocycles. The lowest BCUT2D eigenvalue weighted by atomic mass is 10.1. The van der Waals surface area contributed by atoms with Gasteiger partial charge in [0.1, 0.15) is 31.3 Å². The number of carboxylic acid groups (broad SMARTS) is 1. The maximum atomic E-state index is 14.5. The Labute approximate surface area is 564 Å². The molecule has 3 aliphatic rings. The summed E-state index contributed by atoms with van der Waals surface area (Å²) >= 11 is 2.24. The maximum absolute atomic E-state index is 14.5. The number of aliphatic imine (C=N–C) groups is 1. The average Bonchev–Trinajstić information content (AvgIpc) is 1.68. The maximum Gasteiger partial charge on any atom is 0.317 e. The number of hydrogen-bond acceptors (Lipinski definition) is 21. The van der Waals surface area contributed by atoms with Crippen LogP contribution in [0.15, 0.2) is 59.7 Å². The van der Waals surface area contributed by atoms with E-state index in [0.29, 0.717) is 107 Å². The number of halogens is 3. The first-order valence-electron chi connectivity index (χ1n) is 31.5. The van der Waals surface area contributed by atoms with Crippen LogP contribution in [0, 0.1) is 15.9 Å². The lowest BCUT2D eigenvalue weighted by molar-refractivity contribution is -0.147. The van der Waals surface area contributed by atoms with Gasteiger partial charge in [0.05, 0.1) is 69.3 Å². The van der Waals surface area contributed by atoms with Gasteiger partial charge in [0, 0.05) is 120 Å². The summed E-state index contributed by atoms with van der Waals surface area (Å²) in [6.45, 7) is 4.99. The van der Waals surface area contributed by atoms with E-state index in [4.69, 9.17) is 25.4 Å². The standard InChI is InChI=1S/C64H86F2IN13O15/c1-4-49-37-64(65,66)41-80(49)58(85)38-70-61(89)51-18-20-69-53-17-16-50(35-52(51)53)95-34-8-21-74-30-32-79(33-31-74)63(91)55(36-60(88)92-3)73-62(90)54(10-5-6-19-68-46(2)71-56(83)11-7-9-47-12-14-48(67)15-13-47)72-57(84)39-75-22-23-76(40-59(86)87)25-27-78(43-94-45-82)29-28-77(26-24-75)42-93-44-81/h1,12-18,20,35,44-45,49,54-55H,5-11,19,21-34,36-43H2,2-3H3,(H,70,89)(H,72,84)(H,73,90)(H,86,87)(H,68,71,83)/t49-,54-,55-/m0/s1. The molecule has 6 rings (SSSR count). The third-order valence-corrected chi connectivity index (χ3v) is 17.0. The van der Waals surface area contributed by atoms with E-state index in [-0.39, 0.29) is 103 Å². The molecule has 6 amide bonds. The average molecular weight is 1440 g/mol. The van der Waals surface area contributed by atoms with Crippen LogP contribution in [0.3, 0.4) is 0 Å². The fourth-order valence-corrected chi connectivity index (χ4v) is 11.4. The molecule has 0 spiro atoms. The van der Waals surface area contributed by atoms with Crippen molar-refractivity contribution in [1.29, 1.82) is 0 Å². The number of aromatic nitrogens is 1. The number of pyridine rings is 1. The van der Waals surface area contributed by atoms with Gasteiger partial charge in [0.25, 0.3) is 24.8 Å². The number of hydrogen-bond donors (Lipinski definition) is 5. The Morgan fingerprint density at radius 2 is 1.44 bits per heavy atom. The van der Waals surface area contributed by atoms with Crippen molar-refractivity contribution in [2.24, 2.45) is 4.99 Å². The zero-order chi connectivity index (χ0) is 68.7. The predicted molar refractivity (Wildman–Crippen MR) is 351 cm³/mol. The van der Waals surface area contributed by atoms with Crippen molar-refractivity contribution in [3.8, 4) is 18.1 Å². The minimum absolute atomic E-state index is 0.0459. The van der Waals surface area contributed by atoms with Crippen LogP contribution >= 0.6 is 22.6 Å². The minimum Gasteiger partial charge on any atom is -0.494 e. The Morgan fingerprint density at radius 1 is 0.800 bits per heavy atom. The number of aliphatic carboxylic acids is 1. The molecule has 0 radical (unpaired) electrons. The summed E-state index contributed by atoms with van der Waals surface area (Å²) in [5, 5.41) is 21.2. The van der Waals surface area contributed by atoms with Gasteiger partial charge in [0.15, 0.2) is 0 Å². The Balaban J connectivity index is 1.06. The summed E-state index contributed by atoms with van der Waals surface area (Å²) in [5.74, 6) is -5.26. The summed E-state index contributed by atoms with van der Waals surface area (Å²) in [6, 6.07) is 10.9. The number of amidine groups is 1. The molecule has 0 aliphatic carbocycles. The molecule has 3 aromatic rings. The fraction of sp³-hybridized carbons (Fsp3) is 0.562. The molecular formula is C64H86F2IN13O15. The van der Waals surface area contributed by atoms with Crippen molar-refractivity contribution in [3.05, 3.63) is 69.4 Å². The largest absolute Gasteiger partial charge is 0.494 e. The normalized spacial score (nSPS) is 17.8. The summed E-state index contributed by atoms with van der Waals surface area (Å²) in [4.78, 5) is 150. The lowest BCUT2D eigenvalue weighted by Gasteiger charge is -2.36. The van der Waals surface area contributed by atoms with Gasteiger partial charge in [-0.05, 0) is 110 Å². The number of methoxy groups -OCH3 is 1. The first kappa shape index (κ1) is 76.0. The van der Waals surface area contributed by atoms with E-state index in [1.165, 1.54) is 12.3 Å². The van der Waals surface area contributed by atoms with Gasteiger partial charge < -0.3 is 55.1 Å². The molecule has 3 saturated heterocycles. The number of ether oxygens (including phenoxy) is 4. The molecule has 2 aromatic carbocycles. The van der Waals surface area contributed by atoms with Crippen LogP contribution < -0.4 is 26.0 Å². The van der Waals surface area contributed by atoms with E-state index >= 15 is 0 Å². The third-order valence-electron chi connectivity index (χ3n) is 16.2. The van der Waals surface area contributed by atoms with Crippen molar-refractivity contribution in [2.75, 3.05) is 145 Å². The van der Waals surface area contributed by atoms with Gasteiger partial charge in [-0.25, -0.2) is 8.78 Å². The van der Waals surface area contributed by atoms with Crippen LogP contribution in [-0.2, 0) is 63.8 Å². The second-order valence-electron chi connectivity index (χ2n) is 23.3. The predicted octanol–water partition coefficient (Wildman–Crippen LogP) is 1.18. The number of carbonyl (C=O) groups is 10. The summed E-state index contributed by atoms with van der Waals surface area (Å²) < 4.78 is 50.3. The van der Waals surface area contributed by atoms with Crippen molar-refractivity contribution < 1.29 is 80.8 Å². The summed E-state index contributed by atoms with van der Waals surface area (Å²) in [6.07, 6.45) is 8.78. The van der Waals surface area contributed by atoms with Gasteiger partial charge in [-0.3, -0.25) is 82.4 Å². The van der Waals surface area contributed by atoms with Crippen molar-refractivity contribution >= 4 is 99.7 Å². The number of carboxylic acids is 1. The highest BCUT2D eigenvalue weighted by Crippen LogP contribution is 2.32. The highest BCUT2D eigenvalue weighted by atomic mass is 127. The molecule has 3 fully saturated rings. The lowest BCUT2D eigenvalue weighted by Crippen LogP contribution is -2.58. The van der Waals surface area contributed by atoms with E-state index < -0.39 is 91.5 Å². The zero-order valence-corrected chi connectivity index (χ0v) is 55.9. The number of alkyl halides is 2. The molecule has 28 nitrogen and oxygen atoms in total. The topological polar surface area (TPSA) is 324 Å². The Bertz CT molecular complexity index is 3160. The number of likely N-dealkylation sites (tertiary alicyclic amines) is 1. The van der Waals surface area contributed by atoms with Gasteiger partial charge in [-0.2, -0.15) is 0 Å². The molecule has 4 heterocycles. The number of aryl methyl sites for hydroxylation is 1. The zero-order valence-electron chi connectivity index (χ0n) is 53.7. The third kappa shape index (κ3) is 26.6. The van der Waals surface area contributed by atoms with Crippen LogP contribution in [0.2, 0.25) is 0 Å². The molecule has 0 bridgehead atoms. The summed E-state index contributed by atoms with van der Waals surface area (Å²) in [5.41, 5.74) is 1.80. The molecule has 1 aromatic heterocycles. The first-order valence-corrected chi connectivity index (χ1v) is 32.6. The highest BCUT2D eigenvalue weighted by Gasteiger charge is 2.46. The fourth-order valence-electron chi connectivity index (χ4n) is 11.0. The number of benzene rings is 2. The van der Waals surface area contributed by atoms with E-state index in [0.717, 1.165) is 27.6 Å². The highest BCUT2D eigenvalue weighted by molar-refractivity contribution is 14.1. The number of carbonyl (C=O) groups excluding carboxylic acids is 9. The molecule has 0 unspecified atom stereocenters. The van der Waals surface area contributed by atoms with Crippen molar-refractivity contribution in [2.45, 2.75) is 88.8 Å². The van der Waals surface area contributed by atoms with Crippen LogP contribution in [0.5, 0.6) is 5.75 Å². The first-order chi connectivity index (χ1) is 45.6. The molecule has 31 heteroatoms. The van der Waals surface area contributed by atoms with Crippen LogP contribution in [-0.4, -0.2) is 280 Å². The van der Waals surface area contributed by atoms with Gasteiger partial charge in [-0.15, -0.1) is 6.42 Å². The molecule has 0 saturated carbocycles. The molecular weight excluding hydrogens is 1360 g/mol. The second kappa shape index (κ2) is 39.7. The van der Waals surface area contributed by atoms with Crippen LogP contribution in [0.1, 0.15) is 74.2 Å². The van der Waals surface area contributed by atoms with Gasteiger partial charge in [-0.1, -0.05) is 18.1 Å². The monoisotopic (exact) mass is 1440 g/mol. The van der Waals surface area contributed by atoms with Crippen LogP contribution in [0.25, 0.3) is 10.9 Å². The molecule has 95 heavy (non-hydrogen) atoms. The van der Waals surface area contributed by atoms with E-state index in [1.807, 2.05) is 34.1 Å². The second-order valence-corrected chi connectivity index (χ2v) is 24.5. The van der Waals surface area contributed by atoms with Gasteiger partial charge >= 0.3 is 11.9 Å². The number of amides is 6. The smallest absolute Gasteiger partial charge is 0.317 e. The number of esters is 1. The number of rotatable bonds is 33. The van der Waals surface area contributed by atoms with E-state index in [2.05, 4.69) is 64.7 Å². The van der Waals surface area contributed by atoms with Crippen molar-refractivity contribution in [1.82, 2.24) is 60.6 Å². The minimum atomic E-state index is -3.13. The summed E-state index contributed by atoms with van der Waals surface area (Å²) in [7, 11) is 1.16. The Kier molecular flexibility index (Phi) is 31.8. The number of fused-ring (bicyclic) bond motifs is 1. The number of unbranched alkanes of at least 4 members (excludes halogenated alkanes) is 1. The van der Waals surface area contributed by atoms with E-state index in [9.17, 15) is 61.8 Å². The number of terminal acetylenes is 1.